The van der Waals surface area contributed by atoms with Gasteiger partial charge >= 0.3 is 0 Å². The highest BCUT2D eigenvalue weighted by atomic mass is 15.3. The number of para-hydroxylation sites is 2. The minimum atomic E-state index is 0.845. The van der Waals surface area contributed by atoms with E-state index < -0.39 is 0 Å². The van der Waals surface area contributed by atoms with E-state index in [1.807, 2.05) is 30.3 Å². The number of hydrogen-bond donors (Lipinski definition) is 0. The van der Waals surface area contributed by atoms with Gasteiger partial charge < -0.3 is 14.7 Å². The molecule has 0 unspecified atom stereocenters. The van der Waals surface area contributed by atoms with Crippen LogP contribution >= 0.6 is 0 Å². The molecule has 0 N–H and O–H groups in total. The molecule has 0 saturated carbocycles. The number of benzene rings is 2. The Morgan fingerprint density at radius 1 is 0.815 bits per heavy atom. The SMILES string of the molecule is CN1CCC/C1=N/C(=N\c1ccccc1)N1CCN(c2ccccc2)CC1. The van der Waals surface area contributed by atoms with E-state index in [9.17, 15) is 0 Å². The average molecular weight is 361 g/mol. The number of hydrogen-bond acceptors (Lipinski definition) is 2. The summed E-state index contributed by atoms with van der Waals surface area (Å²) in [5.74, 6) is 1.99. The van der Waals surface area contributed by atoms with Crippen LogP contribution in [0.4, 0.5) is 11.4 Å². The van der Waals surface area contributed by atoms with Gasteiger partial charge in [0, 0.05) is 51.9 Å². The Morgan fingerprint density at radius 3 is 2.11 bits per heavy atom. The number of likely N-dealkylation sites (tertiary alicyclic amines) is 1. The molecule has 2 saturated heterocycles. The number of rotatable bonds is 2. The fourth-order valence-electron chi connectivity index (χ4n) is 3.64. The van der Waals surface area contributed by atoms with E-state index >= 15 is 0 Å². The third-order valence-corrected chi connectivity index (χ3v) is 5.23. The van der Waals surface area contributed by atoms with Crippen LogP contribution in [0.3, 0.4) is 0 Å². The smallest absolute Gasteiger partial charge is 0.227 e. The van der Waals surface area contributed by atoms with Crippen molar-refractivity contribution in [3.05, 3.63) is 60.7 Å². The van der Waals surface area contributed by atoms with Crippen molar-refractivity contribution in [1.82, 2.24) is 9.80 Å². The standard InChI is InChI=1S/C22H27N5/c1-25-14-8-13-21(25)24-22(23-19-9-4-2-5-10-19)27-17-15-26(16-18-27)20-11-6-3-7-12-20/h2-7,9-12H,8,13-18H2,1H3/b23-22+,24-21-. The molecule has 0 aliphatic carbocycles. The lowest BCUT2D eigenvalue weighted by Gasteiger charge is -2.36. The van der Waals surface area contributed by atoms with Crippen LogP contribution < -0.4 is 4.90 Å². The van der Waals surface area contributed by atoms with Crippen LogP contribution in [-0.4, -0.2) is 61.4 Å². The Hall–Kier alpha value is -2.82. The molecule has 2 fully saturated rings. The van der Waals surface area contributed by atoms with E-state index in [1.54, 1.807) is 0 Å². The van der Waals surface area contributed by atoms with Crippen LogP contribution in [0.2, 0.25) is 0 Å². The van der Waals surface area contributed by atoms with Crippen LogP contribution in [-0.2, 0) is 0 Å². The van der Waals surface area contributed by atoms with Gasteiger partial charge in [0.2, 0.25) is 5.96 Å². The Bertz CT molecular complexity index is 792. The van der Waals surface area contributed by atoms with E-state index in [-0.39, 0.29) is 0 Å². The molecule has 27 heavy (non-hydrogen) atoms. The number of anilines is 1. The minimum Gasteiger partial charge on any atom is -0.368 e. The Balaban J connectivity index is 1.54. The van der Waals surface area contributed by atoms with E-state index in [4.69, 9.17) is 9.98 Å². The maximum Gasteiger partial charge on any atom is 0.227 e. The lowest BCUT2D eigenvalue weighted by Crippen LogP contribution is -2.48. The molecule has 2 aromatic carbocycles. The summed E-state index contributed by atoms with van der Waals surface area (Å²) >= 11 is 0. The van der Waals surface area contributed by atoms with Crippen molar-refractivity contribution in [1.29, 1.82) is 0 Å². The fourth-order valence-corrected chi connectivity index (χ4v) is 3.64. The lowest BCUT2D eigenvalue weighted by molar-refractivity contribution is 0.382. The molecule has 5 nitrogen and oxygen atoms in total. The van der Waals surface area contributed by atoms with E-state index in [0.717, 1.165) is 56.6 Å². The maximum absolute atomic E-state index is 4.97. The average Bonchev–Trinajstić information content (AvgIpc) is 3.14. The monoisotopic (exact) mass is 361 g/mol. The first kappa shape index (κ1) is 17.6. The summed E-state index contributed by atoms with van der Waals surface area (Å²) in [6.45, 7) is 4.92. The molecule has 0 spiro atoms. The van der Waals surface area contributed by atoms with Gasteiger partial charge in [-0.25, -0.2) is 4.99 Å². The van der Waals surface area contributed by atoms with Crippen molar-refractivity contribution in [3.63, 3.8) is 0 Å². The van der Waals surface area contributed by atoms with Crippen LogP contribution in [0.1, 0.15) is 12.8 Å². The zero-order valence-corrected chi connectivity index (χ0v) is 16.0. The van der Waals surface area contributed by atoms with Crippen LogP contribution in [0, 0.1) is 0 Å². The zero-order chi connectivity index (χ0) is 18.5. The summed E-state index contributed by atoms with van der Waals surface area (Å²) in [6.07, 6.45) is 2.21. The lowest BCUT2D eigenvalue weighted by atomic mass is 10.2. The van der Waals surface area contributed by atoms with Gasteiger partial charge in [0.1, 0.15) is 5.84 Å². The van der Waals surface area contributed by atoms with Crippen molar-refractivity contribution in [2.24, 2.45) is 9.98 Å². The van der Waals surface area contributed by atoms with Gasteiger partial charge in [-0.2, -0.15) is 4.99 Å². The molecule has 0 atom stereocenters. The highest BCUT2D eigenvalue weighted by Gasteiger charge is 2.22. The normalized spacial score (nSPS) is 19.8. The second-order valence-electron chi connectivity index (χ2n) is 7.11. The van der Waals surface area contributed by atoms with Crippen LogP contribution in [0.25, 0.3) is 0 Å². The van der Waals surface area contributed by atoms with Gasteiger partial charge in [-0.1, -0.05) is 36.4 Å². The van der Waals surface area contributed by atoms with E-state index in [2.05, 4.69) is 52.1 Å². The van der Waals surface area contributed by atoms with Gasteiger partial charge in [-0.05, 0) is 30.7 Å². The number of guanidine groups is 1. The summed E-state index contributed by atoms with van der Waals surface area (Å²) in [6, 6.07) is 20.8. The molecule has 0 radical (unpaired) electrons. The quantitative estimate of drug-likeness (QED) is 0.605. The first-order chi connectivity index (χ1) is 13.3. The van der Waals surface area contributed by atoms with Gasteiger partial charge in [0.15, 0.2) is 0 Å². The van der Waals surface area contributed by atoms with E-state index in [0.29, 0.717) is 0 Å². The van der Waals surface area contributed by atoms with Gasteiger partial charge in [0.25, 0.3) is 0 Å². The number of nitrogens with zero attached hydrogens (tertiary/aromatic N) is 5. The maximum atomic E-state index is 4.97. The zero-order valence-electron chi connectivity index (χ0n) is 16.0. The molecule has 140 valence electrons. The van der Waals surface area contributed by atoms with Crippen molar-refractivity contribution in [2.45, 2.75) is 12.8 Å². The van der Waals surface area contributed by atoms with Crippen LogP contribution in [0.5, 0.6) is 0 Å². The van der Waals surface area contributed by atoms with Crippen LogP contribution in [0.15, 0.2) is 70.6 Å². The number of piperazine rings is 1. The fraction of sp³-hybridized carbons (Fsp3) is 0.364. The van der Waals surface area contributed by atoms with E-state index in [1.165, 1.54) is 12.1 Å². The van der Waals surface area contributed by atoms with Crippen molar-refractivity contribution in [2.75, 3.05) is 44.7 Å². The summed E-state index contributed by atoms with van der Waals surface area (Å²) in [4.78, 5) is 16.9. The topological polar surface area (TPSA) is 34.4 Å². The molecule has 2 aromatic rings. The molecule has 0 aromatic heterocycles. The highest BCUT2D eigenvalue weighted by Crippen LogP contribution is 2.19. The largest absolute Gasteiger partial charge is 0.368 e. The molecule has 0 bridgehead atoms. The molecular formula is C22H27N5. The minimum absolute atomic E-state index is 0.845. The van der Waals surface area contributed by atoms with Crippen molar-refractivity contribution in [3.8, 4) is 0 Å². The molecule has 0 amide bonds. The van der Waals surface area contributed by atoms with Gasteiger partial charge in [-0.15, -0.1) is 0 Å². The molecule has 4 rings (SSSR count). The predicted octanol–water partition coefficient (Wildman–Crippen LogP) is 3.62. The highest BCUT2D eigenvalue weighted by molar-refractivity contribution is 5.97. The number of aliphatic imine (C=N–C) groups is 2. The van der Waals surface area contributed by atoms with Crippen molar-refractivity contribution >= 4 is 23.2 Å². The second kappa shape index (κ2) is 8.25. The first-order valence-corrected chi connectivity index (χ1v) is 9.77. The summed E-state index contributed by atoms with van der Waals surface area (Å²) in [7, 11) is 2.12. The predicted molar refractivity (Wildman–Crippen MR) is 113 cm³/mol. The Kier molecular flexibility index (Phi) is 5.37. The van der Waals surface area contributed by atoms with Crippen molar-refractivity contribution < 1.29 is 0 Å². The molecule has 2 aliphatic rings. The third kappa shape index (κ3) is 4.30. The molecule has 5 heteroatoms. The Labute approximate surface area is 161 Å². The first-order valence-electron chi connectivity index (χ1n) is 9.77. The molecule has 2 heterocycles. The summed E-state index contributed by atoms with van der Waals surface area (Å²) in [5.41, 5.74) is 2.25. The Morgan fingerprint density at radius 2 is 1.48 bits per heavy atom. The number of amidine groups is 1. The van der Waals surface area contributed by atoms with Gasteiger partial charge in [-0.3, -0.25) is 0 Å². The molecule has 2 aliphatic heterocycles. The van der Waals surface area contributed by atoms with Gasteiger partial charge in [0.05, 0.1) is 5.69 Å². The third-order valence-electron chi connectivity index (χ3n) is 5.23. The summed E-state index contributed by atoms with van der Waals surface area (Å²) < 4.78 is 0. The molecular weight excluding hydrogens is 334 g/mol. The summed E-state index contributed by atoms with van der Waals surface area (Å²) in [5, 5.41) is 0. The second-order valence-corrected chi connectivity index (χ2v) is 7.11.